The minimum atomic E-state index is -2.96. The van der Waals surface area contributed by atoms with Crippen LogP contribution in [0.1, 0.15) is 36.7 Å². The molecule has 2 aliphatic heterocycles. The number of hydrogen-bond donors (Lipinski definition) is 3. The lowest BCUT2D eigenvalue weighted by atomic mass is 9.81. The van der Waals surface area contributed by atoms with E-state index in [0.717, 1.165) is 5.56 Å². The Balaban J connectivity index is 1.68. The average Bonchev–Trinajstić information content (AvgIpc) is 3.25. The zero-order chi connectivity index (χ0) is 24.9. The number of phenols is 1. The number of hydrogen-bond acceptors (Lipinski definition) is 5. The molecule has 2 atom stereocenters. The van der Waals surface area contributed by atoms with Gasteiger partial charge >= 0.3 is 12.6 Å². The number of alkyl halides is 2. The molecule has 0 saturated carbocycles. The highest BCUT2D eigenvalue weighted by atomic mass is 19.3. The number of aromatic nitrogens is 1. The smallest absolute Gasteiger partial charge is 0.387 e. The fourth-order valence-electron chi connectivity index (χ4n) is 5.27. The lowest BCUT2D eigenvalue weighted by molar-refractivity contribution is -0.133. The van der Waals surface area contributed by atoms with Crippen LogP contribution in [0.4, 0.5) is 13.6 Å². The van der Waals surface area contributed by atoms with E-state index in [1.165, 1.54) is 23.1 Å². The Hall–Kier alpha value is -3.66. The van der Waals surface area contributed by atoms with E-state index >= 15 is 0 Å². The Labute approximate surface area is 200 Å². The molecule has 10 heteroatoms. The number of phenolic OH excluding ortho intramolecular Hbond substituents is 1. The number of aromatic amines is 1. The first-order chi connectivity index (χ1) is 16.7. The van der Waals surface area contributed by atoms with E-state index in [9.17, 15) is 23.5 Å². The molecule has 0 unspecified atom stereocenters. The average molecular weight is 485 g/mol. The van der Waals surface area contributed by atoms with E-state index in [-0.39, 0.29) is 30.4 Å². The number of rotatable bonds is 7. The molecule has 3 aromatic rings. The van der Waals surface area contributed by atoms with E-state index in [0.29, 0.717) is 35.2 Å². The molecule has 5 rings (SSSR count). The largest absolute Gasteiger partial charge is 0.508 e. The lowest BCUT2D eigenvalue weighted by Gasteiger charge is -2.42. The summed E-state index contributed by atoms with van der Waals surface area (Å²) in [6.07, 6.45) is 0.206. The van der Waals surface area contributed by atoms with E-state index in [1.807, 2.05) is 6.92 Å². The summed E-state index contributed by atoms with van der Waals surface area (Å²) in [5.41, 5.74) is 1.53. The van der Waals surface area contributed by atoms with Crippen LogP contribution < -0.4 is 10.1 Å². The summed E-state index contributed by atoms with van der Waals surface area (Å²) in [6, 6.07) is 10.1. The molecule has 2 aromatic carbocycles. The summed E-state index contributed by atoms with van der Waals surface area (Å²) in [7, 11) is 0. The number of ether oxygens (including phenoxy) is 1. The first-order valence-corrected chi connectivity index (χ1v) is 11.5. The number of carbonyl (C=O) groups excluding carboxylic acids is 2. The SMILES string of the molecule is CCNCCN1C(=O)N2[C@H](c3cccc(O)c3)c3[nH]c4ccc(OC(F)F)cc4c3C[C@@]2(C)C1=O. The number of imide groups is 1. The number of halogens is 2. The van der Waals surface area contributed by atoms with Gasteiger partial charge in [-0.1, -0.05) is 19.1 Å². The van der Waals surface area contributed by atoms with Gasteiger partial charge in [0, 0.05) is 36.1 Å². The molecule has 1 saturated heterocycles. The number of nitrogens with zero attached hydrogens (tertiary/aromatic N) is 2. The van der Waals surface area contributed by atoms with Gasteiger partial charge in [-0.25, -0.2) is 4.79 Å². The van der Waals surface area contributed by atoms with Crippen molar-refractivity contribution in [2.24, 2.45) is 0 Å². The third-order valence-electron chi connectivity index (χ3n) is 6.81. The van der Waals surface area contributed by atoms with Crippen molar-refractivity contribution in [1.82, 2.24) is 20.1 Å². The lowest BCUT2D eigenvalue weighted by Crippen LogP contribution is -2.53. The van der Waals surface area contributed by atoms with Crippen LogP contribution >= 0.6 is 0 Å². The Kier molecular flexibility index (Phi) is 5.63. The van der Waals surface area contributed by atoms with Gasteiger partial charge in [-0.15, -0.1) is 0 Å². The molecular formula is C25H26F2N4O4. The van der Waals surface area contributed by atoms with Gasteiger partial charge in [-0.2, -0.15) is 8.78 Å². The van der Waals surface area contributed by atoms with Crippen LogP contribution in [-0.2, 0) is 11.2 Å². The number of urea groups is 1. The van der Waals surface area contributed by atoms with Gasteiger partial charge in [0.15, 0.2) is 0 Å². The first-order valence-electron chi connectivity index (χ1n) is 11.5. The van der Waals surface area contributed by atoms with Gasteiger partial charge in [0.2, 0.25) is 0 Å². The molecule has 0 aliphatic carbocycles. The van der Waals surface area contributed by atoms with Crippen LogP contribution in [0.3, 0.4) is 0 Å². The summed E-state index contributed by atoms with van der Waals surface area (Å²) in [6.45, 7) is 2.12. The summed E-state index contributed by atoms with van der Waals surface area (Å²) in [5.74, 6) is -0.274. The second-order valence-corrected chi connectivity index (χ2v) is 9.01. The highest BCUT2D eigenvalue weighted by molar-refractivity contribution is 6.08. The van der Waals surface area contributed by atoms with Crippen LogP contribution in [0.25, 0.3) is 10.9 Å². The number of likely N-dealkylation sites (N-methyl/N-ethyl adjacent to an activating group) is 1. The second-order valence-electron chi connectivity index (χ2n) is 9.01. The van der Waals surface area contributed by atoms with E-state index in [1.54, 1.807) is 36.1 Å². The topological polar surface area (TPSA) is 97.9 Å². The quantitative estimate of drug-likeness (QED) is 0.351. The number of benzene rings is 2. The molecule has 0 radical (unpaired) electrons. The maximum absolute atomic E-state index is 13.6. The summed E-state index contributed by atoms with van der Waals surface area (Å²) in [5, 5.41) is 14.0. The van der Waals surface area contributed by atoms with Crippen molar-refractivity contribution in [3.8, 4) is 11.5 Å². The molecule has 3 amide bonds. The van der Waals surface area contributed by atoms with Gasteiger partial charge < -0.3 is 20.1 Å². The molecule has 3 N–H and O–H groups in total. The van der Waals surface area contributed by atoms with Gasteiger partial charge in [0.1, 0.15) is 23.1 Å². The van der Waals surface area contributed by atoms with Crippen LogP contribution in [0.5, 0.6) is 11.5 Å². The first kappa shape index (κ1) is 23.1. The summed E-state index contributed by atoms with van der Waals surface area (Å²) < 4.78 is 30.3. The Bertz CT molecular complexity index is 1310. The standard InChI is InChI=1S/C25H26F2N4O4/c1-3-28-9-10-30-22(33)25(2)13-18-17-12-16(35-23(26)27)7-8-19(17)29-20(18)21(31(25)24(30)34)14-5-4-6-15(32)11-14/h4-8,11-12,21,23,28-29,32H,3,9-10,13H2,1-2H3/t21-,25+/m1/s1. The van der Waals surface area contributed by atoms with Gasteiger partial charge in [0.05, 0.1) is 0 Å². The van der Waals surface area contributed by atoms with E-state index < -0.39 is 24.2 Å². The van der Waals surface area contributed by atoms with Crippen LogP contribution in [-0.4, -0.2) is 63.6 Å². The molecule has 1 aromatic heterocycles. The van der Waals surface area contributed by atoms with Crippen molar-refractivity contribution >= 4 is 22.8 Å². The third-order valence-corrected chi connectivity index (χ3v) is 6.81. The molecular weight excluding hydrogens is 458 g/mol. The fraction of sp³-hybridized carbons (Fsp3) is 0.360. The normalized spacial score (nSPS) is 21.7. The van der Waals surface area contributed by atoms with Crippen molar-refractivity contribution in [2.75, 3.05) is 19.6 Å². The van der Waals surface area contributed by atoms with Crippen molar-refractivity contribution in [1.29, 1.82) is 0 Å². The van der Waals surface area contributed by atoms with Crippen molar-refractivity contribution in [3.05, 3.63) is 59.3 Å². The highest BCUT2D eigenvalue weighted by Crippen LogP contribution is 2.49. The van der Waals surface area contributed by atoms with E-state index in [4.69, 9.17) is 0 Å². The number of H-pyrrole nitrogens is 1. The maximum Gasteiger partial charge on any atom is 0.387 e. The fourth-order valence-corrected chi connectivity index (χ4v) is 5.27. The second kappa shape index (κ2) is 8.53. The number of nitrogens with one attached hydrogen (secondary N) is 2. The van der Waals surface area contributed by atoms with Crippen molar-refractivity contribution in [2.45, 2.75) is 38.5 Å². The molecule has 8 nitrogen and oxygen atoms in total. The molecule has 2 aliphatic rings. The van der Waals surface area contributed by atoms with Crippen molar-refractivity contribution in [3.63, 3.8) is 0 Å². The Morgan fingerprint density at radius 2 is 2.06 bits per heavy atom. The Morgan fingerprint density at radius 3 is 2.77 bits per heavy atom. The van der Waals surface area contributed by atoms with E-state index in [2.05, 4.69) is 15.0 Å². The zero-order valence-electron chi connectivity index (χ0n) is 19.3. The van der Waals surface area contributed by atoms with Gasteiger partial charge in [-0.3, -0.25) is 14.6 Å². The van der Waals surface area contributed by atoms with Gasteiger partial charge in [-0.05, 0) is 54.9 Å². The summed E-state index contributed by atoms with van der Waals surface area (Å²) in [4.78, 5) is 33.5. The number of aromatic hydroxyl groups is 1. The molecule has 184 valence electrons. The summed E-state index contributed by atoms with van der Waals surface area (Å²) >= 11 is 0. The minimum Gasteiger partial charge on any atom is -0.508 e. The number of carbonyl (C=O) groups is 2. The number of fused-ring (bicyclic) bond motifs is 4. The zero-order valence-corrected chi connectivity index (χ0v) is 19.3. The molecule has 0 spiro atoms. The van der Waals surface area contributed by atoms with Crippen LogP contribution in [0.15, 0.2) is 42.5 Å². The van der Waals surface area contributed by atoms with Gasteiger partial charge in [0.25, 0.3) is 5.91 Å². The Morgan fingerprint density at radius 1 is 1.26 bits per heavy atom. The number of amides is 3. The predicted molar refractivity (Wildman–Crippen MR) is 124 cm³/mol. The maximum atomic E-state index is 13.6. The van der Waals surface area contributed by atoms with Crippen LogP contribution in [0, 0.1) is 0 Å². The van der Waals surface area contributed by atoms with Crippen LogP contribution in [0.2, 0.25) is 0 Å². The third kappa shape index (κ3) is 3.68. The molecule has 35 heavy (non-hydrogen) atoms. The molecule has 0 bridgehead atoms. The minimum absolute atomic E-state index is 0.0110. The highest BCUT2D eigenvalue weighted by Gasteiger charge is 2.60. The molecule has 1 fully saturated rings. The monoisotopic (exact) mass is 484 g/mol. The molecule has 3 heterocycles. The van der Waals surface area contributed by atoms with Crippen molar-refractivity contribution < 1.29 is 28.2 Å². The predicted octanol–water partition coefficient (Wildman–Crippen LogP) is 3.75.